The maximum atomic E-state index is 12.7. The molecule has 1 aliphatic heterocycles. The first kappa shape index (κ1) is 25.9. The van der Waals surface area contributed by atoms with E-state index in [1.807, 2.05) is 43.3 Å². The van der Waals surface area contributed by atoms with Gasteiger partial charge >= 0.3 is 0 Å². The number of amides is 2. The molecule has 1 saturated heterocycles. The Bertz CT molecular complexity index is 1530. The molecule has 0 radical (unpaired) electrons. The fraction of sp³-hybridized carbons (Fsp3) is 0.200. The molecule has 0 saturated carbocycles. The van der Waals surface area contributed by atoms with Crippen LogP contribution in [0.15, 0.2) is 79.5 Å². The first-order valence-corrected chi connectivity index (χ1v) is 12.8. The van der Waals surface area contributed by atoms with Crippen LogP contribution in [0.3, 0.4) is 0 Å². The number of hydrogen-bond acceptors (Lipinski definition) is 6. The Labute approximate surface area is 227 Å². The van der Waals surface area contributed by atoms with E-state index in [1.54, 1.807) is 36.5 Å². The molecule has 1 atom stereocenters. The number of nitrogens with one attached hydrogen (secondary N) is 1. The van der Waals surface area contributed by atoms with Crippen LogP contribution in [-0.2, 0) is 0 Å². The first-order valence-electron chi connectivity index (χ1n) is 12.8. The van der Waals surface area contributed by atoms with Crippen LogP contribution in [0.1, 0.15) is 56.7 Å². The lowest BCUT2D eigenvalue weighted by molar-refractivity contribution is 0.0991. The summed E-state index contributed by atoms with van der Waals surface area (Å²) in [6, 6.07) is 20.4. The largest absolute Gasteiger partial charge is 0.364 e. The lowest BCUT2D eigenvalue weighted by Crippen LogP contribution is -2.30. The Balaban J connectivity index is 1.39. The molecular formula is C30H31N7O2. The summed E-state index contributed by atoms with van der Waals surface area (Å²) in [5.74, 6) is 6.52. The highest BCUT2D eigenvalue weighted by Crippen LogP contribution is 2.35. The fourth-order valence-corrected chi connectivity index (χ4v) is 5.01. The van der Waals surface area contributed by atoms with Gasteiger partial charge in [-0.25, -0.2) is 14.6 Å². The molecular weight excluding hydrogens is 490 g/mol. The summed E-state index contributed by atoms with van der Waals surface area (Å²) in [6.07, 6.45) is 3.46. The lowest BCUT2D eigenvalue weighted by atomic mass is 10.1. The third-order valence-corrected chi connectivity index (χ3v) is 6.99. The number of anilines is 1. The molecule has 0 unspecified atom stereocenters. The Morgan fingerprint density at radius 1 is 1.08 bits per heavy atom. The van der Waals surface area contributed by atoms with E-state index in [4.69, 9.17) is 16.6 Å². The van der Waals surface area contributed by atoms with Crippen LogP contribution in [0, 0.1) is 6.92 Å². The summed E-state index contributed by atoms with van der Waals surface area (Å²) in [6.45, 7) is 7.73. The second-order valence-electron chi connectivity index (χ2n) is 9.75. The number of carbonyl (C=O) groups excluding carboxylic acids is 2. The summed E-state index contributed by atoms with van der Waals surface area (Å²) in [7, 11) is 0. The number of nitrogens with zero attached hydrogens (tertiary/aromatic N) is 4. The second kappa shape index (κ2) is 10.9. The number of imidazole rings is 1. The summed E-state index contributed by atoms with van der Waals surface area (Å²) in [5, 5.41) is 2.79. The minimum atomic E-state index is -0.670. The highest BCUT2D eigenvalue weighted by molar-refractivity contribution is 6.04. The smallest absolute Gasteiger partial charge is 0.269 e. The number of hydrogen-bond donors (Lipinski definition) is 3. The SMILES string of the molecule is C=C(CN1CCC[C@H]1c1nc(-c2ccc(C(=O)Nc3cc(C)ccn3)cc2)c(C(N)=O)n1N)c1ccccc1. The van der Waals surface area contributed by atoms with Crippen LogP contribution in [0.25, 0.3) is 16.8 Å². The van der Waals surface area contributed by atoms with Crippen molar-refractivity contribution >= 4 is 23.2 Å². The number of aromatic nitrogens is 3. The van der Waals surface area contributed by atoms with Gasteiger partial charge in [-0.2, -0.15) is 0 Å². The maximum Gasteiger partial charge on any atom is 0.269 e. The molecule has 4 aromatic rings. The van der Waals surface area contributed by atoms with Gasteiger partial charge in [-0.3, -0.25) is 14.5 Å². The Hall–Kier alpha value is -4.76. The molecule has 0 spiro atoms. The summed E-state index contributed by atoms with van der Waals surface area (Å²) in [5.41, 5.74) is 10.4. The number of nitrogen functional groups attached to an aromatic ring is 1. The van der Waals surface area contributed by atoms with Crippen molar-refractivity contribution in [3.8, 4) is 11.3 Å². The molecule has 0 aliphatic carbocycles. The van der Waals surface area contributed by atoms with E-state index in [0.29, 0.717) is 35.0 Å². The summed E-state index contributed by atoms with van der Waals surface area (Å²) < 4.78 is 1.32. The molecule has 5 N–H and O–H groups in total. The van der Waals surface area contributed by atoms with Crippen LogP contribution in [0.4, 0.5) is 5.82 Å². The van der Waals surface area contributed by atoms with Crippen molar-refractivity contribution in [1.82, 2.24) is 19.5 Å². The van der Waals surface area contributed by atoms with E-state index in [1.165, 1.54) is 4.68 Å². The molecule has 1 fully saturated rings. The zero-order valence-electron chi connectivity index (χ0n) is 21.8. The third-order valence-electron chi connectivity index (χ3n) is 6.99. The number of likely N-dealkylation sites (tertiary alicyclic amines) is 1. The molecule has 9 nitrogen and oxygen atoms in total. The lowest BCUT2D eigenvalue weighted by Gasteiger charge is -2.25. The van der Waals surface area contributed by atoms with Crippen molar-refractivity contribution in [1.29, 1.82) is 0 Å². The molecule has 3 heterocycles. The van der Waals surface area contributed by atoms with E-state index in [9.17, 15) is 9.59 Å². The number of rotatable bonds is 8. The third kappa shape index (κ3) is 5.44. The Morgan fingerprint density at radius 2 is 1.82 bits per heavy atom. The molecule has 2 aromatic heterocycles. The molecule has 0 bridgehead atoms. The van der Waals surface area contributed by atoms with Crippen molar-refractivity contribution in [2.24, 2.45) is 5.73 Å². The molecule has 2 amide bonds. The highest BCUT2D eigenvalue weighted by Gasteiger charge is 2.33. The maximum absolute atomic E-state index is 12.7. The van der Waals surface area contributed by atoms with Crippen molar-refractivity contribution in [3.63, 3.8) is 0 Å². The number of aryl methyl sites for hydroxylation is 1. The predicted molar refractivity (Wildman–Crippen MR) is 152 cm³/mol. The van der Waals surface area contributed by atoms with Crippen molar-refractivity contribution in [2.45, 2.75) is 25.8 Å². The van der Waals surface area contributed by atoms with Gasteiger partial charge in [-0.05, 0) is 67.3 Å². The fourth-order valence-electron chi connectivity index (χ4n) is 5.01. The van der Waals surface area contributed by atoms with Crippen LogP contribution in [-0.4, -0.2) is 44.4 Å². The number of benzene rings is 2. The van der Waals surface area contributed by atoms with Gasteiger partial charge in [0, 0.05) is 23.9 Å². The average molecular weight is 522 g/mol. The van der Waals surface area contributed by atoms with Gasteiger partial charge in [0.15, 0.2) is 5.69 Å². The van der Waals surface area contributed by atoms with Gasteiger partial charge in [0.25, 0.3) is 11.8 Å². The van der Waals surface area contributed by atoms with E-state index in [-0.39, 0.29) is 17.6 Å². The zero-order chi connectivity index (χ0) is 27.5. The average Bonchev–Trinajstić information content (AvgIpc) is 3.52. The van der Waals surface area contributed by atoms with E-state index >= 15 is 0 Å². The van der Waals surface area contributed by atoms with E-state index in [2.05, 4.69) is 21.8 Å². The quantitative estimate of drug-likeness (QED) is 0.298. The molecule has 5 rings (SSSR count). The van der Waals surface area contributed by atoms with Crippen LogP contribution >= 0.6 is 0 Å². The predicted octanol–water partition coefficient (Wildman–Crippen LogP) is 4.17. The van der Waals surface area contributed by atoms with Crippen LogP contribution < -0.4 is 16.9 Å². The van der Waals surface area contributed by atoms with Gasteiger partial charge in [-0.15, -0.1) is 0 Å². The number of primary amides is 1. The minimum Gasteiger partial charge on any atom is -0.364 e. The monoisotopic (exact) mass is 521 g/mol. The number of carbonyl (C=O) groups is 2. The van der Waals surface area contributed by atoms with Gasteiger partial charge in [0.1, 0.15) is 17.3 Å². The molecule has 9 heteroatoms. The van der Waals surface area contributed by atoms with E-state index in [0.717, 1.165) is 36.1 Å². The molecule has 2 aromatic carbocycles. The van der Waals surface area contributed by atoms with Crippen LogP contribution in [0.2, 0.25) is 0 Å². The summed E-state index contributed by atoms with van der Waals surface area (Å²) >= 11 is 0. The molecule has 1 aliphatic rings. The van der Waals surface area contributed by atoms with Crippen molar-refractivity contribution in [3.05, 3.63) is 108 Å². The van der Waals surface area contributed by atoms with Gasteiger partial charge in [0.2, 0.25) is 0 Å². The van der Waals surface area contributed by atoms with E-state index < -0.39 is 5.91 Å². The van der Waals surface area contributed by atoms with Crippen LogP contribution in [0.5, 0.6) is 0 Å². The Morgan fingerprint density at radius 3 is 2.51 bits per heavy atom. The van der Waals surface area contributed by atoms with Gasteiger partial charge in [-0.1, -0.05) is 49.0 Å². The van der Waals surface area contributed by atoms with Gasteiger partial charge in [0.05, 0.1) is 6.04 Å². The highest BCUT2D eigenvalue weighted by atomic mass is 16.2. The zero-order valence-corrected chi connectivity index (χ0v) is 21.8. The van der Waals surface area contributed by atoms with Crippen molar-refractivity contribution < 1.29 is 9.59 Å². The topological polar surface area (TPSA) is 132 Å². The standard InChI is InChI=1S/C30H31N7O2/c1-19-14-15-33-25(17-19)34-30(39)23-12-10-22(11-13-23)26-27(28(31)38)37(32)29(35-26)24-9-6-16-36(24)18-20(2)21-7-4-3-5-8-21/h3-5,7-8,10-15,17,24H,2,6,9,16,18,32H2,1H3,(H2,31,38)(H,33,34,39)/t24-/m0/s1. The first-order chi connectivity index (χ1) is 18.8. The normalized spacial score (nSPS) is 15.3. The second-order valence-corrected chi connectivity index (χ2v) is 9.75. The molecule has 198 valence electrons. The summed E-state index contributed by atoms with van der Waals surface area (Å²) in [4.78, 5) is 36.5. The number of pyridine rings is 1. The number of nitrogens with two attached hydrogens (primary N) is 2. The Kier molecular flexibility index (Phi) is 7.25. The van der Waals surface area contributed by atoms with Gasteiger partial charge < -0.3 is 16.9 Å². The van der Waals surface area contributed by atoms with Crippen molar-refractivity contribution in [2.75, 3.05) is 24.2 Å². The molecule has 39 heavy (non-hydrogen) atoms. The minimum absolute atomic E-state index is 0.0887.